The van der Waals surface area contributed by atoms with Crippen molar-refractivity contribution < 1.29 is 0 Å². The van der Waals surface area contributed by atoms with Crippen molar-refractivity contribution in [2.45, 2.75) is 70.4 Å². The first-order valence-corrected chi connectivity index (χ1v) is 9.90. The van der Waals surface area contributed by atoms with Crippen molar-refractivity contribution in [1.29, 1.82) is 0 Å². The zero-order valence-electron chi connectivity index (χ0n) is 15.0. The fraction of sp³-hybridized carbons (Fsp3) is 0.600. The van der Waals surface area contributed by atoms with Gasteiger partial charge in [-0.3, -0.25) is 9.88 Å². The number of fused-ring (bicyclic) bond motifs is 3. The Bertz CT molecular complexity index is 736. The highest BCUT2D eigenvalue weighted by Crippen LogP contribution is 2.37. The van der Waals surface area contributed by atoms with Gasteiger partial charge in [-0.05, 0) is 25.0 Å². The number of aliphatic imine (C=N–C) groups is 1. The van der Waals surface area contributed by atoms with Gasteiger partial charge in [-0.15, -0.1) is 0 Å². The molecule has 1 aliphatic carbocycles. The van der Waals surface area contributed by atoms with Crippen LogP contribution in [-0.4, -0.2) is 15.5 Å². The van der Waals surface area contributed by atoms with Crippen molar-refractivity contribution in [3.63, 3.8) is 0 Å². The van der Waals surface area contributed by atoms with E-state index in [1.807, 2.05) is 6.07 Å². The molecule has 2 aromatic rings. The van der Waals surface area contributed by atoms with Crippen molar-refractivity contribution in [2.24, 2.45) is 16.6 Å². The fourth-order valence-corrected chi connectivity index (χ4v) is 4.38. The Morgan fingerprint density at radius 1 is 0.920 bits per heavy atom. The maximum Gasteiger partial charge on any atom is 0.212 e. The summed E-state index contributed by atoms with van der Waals surface area (Å²) >= 11 is 0. The molecule has 1 aromatic carbocycles. The molecule has 1 unspecified atom stereocenters. The second-order valence-corrected chi connectivity index (χ2v) is 7.51. The van der Waals surface area contributed by atoms with Gasteiger partial charge < -0.3 is 5.73 Å². The Labute approximate surface area is 149 Å². The van der Waals surface area contributed by atoms with Gasteiger partial charge in [0.1, 0.15) is 6.17 Å². The highest BCUT2D eigenvalue weighted by molar-refractivity contribution is 5.94. The summed E-state index contributed by atoms with van der Waals surface area (Å²) in [6.45, 7) is 0. The van der Waals surface area contributed by atoms with Gasteiger partial charge >= 0.3 is 0 Å². The molecule has 1 fully saturated rings. The quantitative estimate of drug-likeness (QED) is 0.783. The lowest BCUT2D eigenvalue weighted by Gasteiger charge is -2.30. The van der Waals surface area contributed by atoms with Gasteiger partial charge in [-0.1, -0.05) is 63.5 Å². The summed E-state index contributed by atoms with van der Waals surface area (Å²) in [5.41, 5.74) is 8.27. The molecule has 2 heterocycles. The Hall–Kier alpha value is -2.04. The van der Waals surface area contributed by atoms with Gasteiger partial charge in [0.2, 0.25) is 5.95 Å². The zero-order valence-corrected chi connectivity index (χ0v) is 15.0. The van der Waals surface area contributed by atoms with E-state index in [4.69, 9.17) is 15.7 Å². The molecule has 0 saturated heterocycles. The predicted octanol–water partition coefficient (Wildman–Crippen LogP) is 4.81. The second kappa shape index (κ2) is 7.46. The van der Waals surface area contributed by atoms with Crippen LogP contribution in [0, 0.1) is 5.92 Å². The molecule has 0 bridgehead atoms. The molecule has 1 aliphatic heterocycles. The van der Waals surface area contributed by atoms with Gasteiger partial charge in [0.15, 0.2) is 5.96 Å². The normalized spacial score (nSPS) is 23.4. The third-order valence-corrected chi connectivity index (χ3v) is 5.69. The molecule has 2 aliphatic rings. The van der Waals surface area contributed by atoms with Crippen LogP contribution < -0.4 is 11.1 Å². The Morgan fingerprint density at radius 2 is 1.56 bits per heavy atom. The van der Waals surface area contributed by atoms with E-state index in [0.717, 1.165) is 17.0 Å². The number of nitrogens with one attached hydrogen (secondary N) is 1. The van der Waals surface area contributed by atoms with Crippen LogP contribution in [0.5, 0.6) is 0 Å². The number of anilines is 1. The summed E-state index contributed by atoms with van der Waals surface area (Å²) in [5.74, 6) is 1.88. The van der Waals surface area contributed by atoms with E-state index >= 15 is 0 Å². The Morgan fingerprint density at radius 3 is 2.28 bits per heavy atom. The van der Waals surface area contributed by atoms with E-state index in [-0.39, 0.29) is 6.17 Å². The molecule has 4 rings (SSSR count). The third-order valence-electron chi connectivity index (χ3n) is 5.69. The van der Waals surface area contributed by atoms with Crippen LogP contribution in [0.3, 0.4) is 0 Å². The van der Waals surface area contributed by atoms with Crippen molar-refractivity contribution in [3.8, 4) is 0 Å². The average molecular weight is 339 g/mol. The van der Waals surface area contributed by atoms with E-state index in [1.54, 1.807) is 0 Å². The number of benzene rings is 1. The largest absolute Gasteiger partial charge is 0.370 e. The van der Waals surface area contributed by atoms with E-state index in [1.165, 1.54) is 64.2 Å². The second-order valence-electron chi connectivity index (χ2n) is 7.51. The Balaban J connectivity index is 1.66. The highest BCUT2D eigenvalue weighted by Gasteiger charge is 2.30. The number of imidazole rings is 1. The number of nitrogens with zero attached hydrogens (tertiary/aromatic N) is 3. The third kappa shape index (κ3) is 3.51. The summed E-state index contributed by atoms with van der Waals surface area (Å²) in [4.78, 5) is 9.56. The smallest absolute Gasteiger partial charge is 0.212 e. The number of hydrogen-bond acceptors (Lipinski definition) is 4. The molecule has 5 heteroatoms. The van der Waals surface area contributed by atoms with Gasteiger partial charge in [0, 0.05) is 5.92 Å². The van der Waals surface area contributed by atoms with Crippen LogP contribution in [0.2, 0.25) is 0 Å². The SMILES string of the molecule is NC1=NC(C2CCCCCCCCCC2)n2c(nc3ccccc32)N1. The van der Waals surface area contributed by atoms with Crippen LogP contribution >= 0.6 is 0 Å². The van der Waals surface area contributed by atoms with E-state index in [0.29, 0.717) is 11.9 Å². The molecule has 1 atom stereocenters. The first-order valence-electron chi connectivity index (χ1n) is 9.90. The summed E-state index contributed by atoms with van der Waals surface area (Å²) in [7, 11) is 0. The molecule has 3 N–H and O–H groups in total. The van der Waals surface area contributed by atoms with Crippen LogP contribution in [-0.2, 0) is 0 Å². The maximum absolute atomic E-state index is 6.10. The molecule has 0 spiro atoms. The lowest BCUT2D eigenvalue weighted by atomic mass is 9.92. The molecule has 1 aromatic heterocycles. The van der Waals surface area contributed by atoms with E-state index < -0.39 is 0 Å². The number of hydrogen-bond donors (Lipinski definition) is 2. The molecule has 25 heavy (non-hydrogen) atoms. The summed E-state index contributed by atoms with van der Waals surface area (Å²) in [6, 6.07) is 8.32. The molecular formula is C20H29N5. The minimum Gasteiger partial charge on any atom is -0.370 e. The monoisotopic (exact) mass is 339 g/mol. The number of nitrogens with two attached hydrogens (primary N) is 1. The molecule has 1 saturated carbocycles. The van der Waals surface area contributed by atoms with Gasteiger partial charge in [-0.2, -0.15) is 0 Å². The summed E-state index contributed by atoms with van der Waals surface area (Å²) < 4.78 is 2.27. The molecule has 0 amide bonds. The molecule has 134 valence electrons. The first-order chi connectivity index (χ1) is 12.3. The van der Waals surface area contributed by atoms with Gasteiger partial charge in [-0.25, -0.2) is 9.98 Å². The van der Waals surface area contributed by atoms with Crippen molar-refractivity contribution in [1.82, 2.24) is 9.55 Å². The van der Waals surface area contributed by atoms with Crippen LogP contribution in [0.4, 0.5) is 5.95 Å². The summed E-state index contributed by atoms with van der Waals surface area (Å²) in [5, 5.41) is 3.16. The fourth-order valence-electron chi connectivity index (χ4n) is 4.38. The number of rotatable bonds is 1. The molecular weight excluding hydrogens is 310 g/mol. The standard InChI is InChI=1S/C20H29N5/c21-19-23-18(15-11-7-5-3-1-2-4-6-8-12-15)25-17-14-10-9-13-16(17)22-20(25)24-19/h9-10,13-15,18H,1-8,11-12H2,(H3,21,22,23,24). The summed E-state index contributed by atoms with van der Waals surface area (Å²) in [6.07, 6.45) is 13.4. The van der Waals surface area contributed by atoms with Crippen LogP contribution in [0.25, 0.3) is 11.0 Å². The van der Waals surface area contributed by atoms with Gasteiger partial charge in [0.05, 0.1) is 11.0 Å². The first kappa shape index (κ1) is 16.4. The lowest BCUT2D eigenvalue weighted by Crippen LogP contribution is -2.33. The minimum atomic E-state index is 0.0735. The maximum atomic E-state index is 6.10. The lowest BCUT2D eigenvalue weighted by molar-refractivity contribution is 0.291. The number of para-hydroxylation sites is 2. The van der Waals surface area contributed by atoms with Crippen LogP contribution in [0.15, 0.2) is 29.3 Å². The highest BCUT2D eigenvalue weighted by atomic mass is 15.4. The predicted molar refractivity (Wildman–Crippen MR) is 104 cm³/mol. The van der Waals surface area contributed by atoms with Crippen molar-refractivity contribution >= 4 is 22.9 Å². The Kier molecular flexibility index (Phi) is 4.90. The van der Waals surface area contributed by atoms with Crippen molar-refractivity contribution in [3.05, 3.63) is 24.3 Å². The number of guanidine groups is 1. The molecule has 0 radical (unpaired) electrons. The average Bonchev–Trinajstić information content (AvgIpc) is 2.95. The zero-order chi connectivity index (χ0) is 17.1. The van der Waals surface area contributed by atoms with E-state index in [9.17, 15) is 0 Å². The van der Waals surface area contributed by atoms with Gasteiger partial charge in [0.25, 0.3) is 0 Å². The van der Waals surface area contributed by atoms with Crippen molar-refractivity contribution in [2.75, 3.05) is 5.32 Å². The topological polar surface area (TPSA) is 68.2 Å². The minimum absolute atomic E-state index is 0.0735. The van der Waals surface area contributed by atoms with Crippen LogP contribution in [0.1, 0.15) is 70.4 Å². The molecule has 5 nitrogen and oxygen atoms in total. The number of aromatic nitrogens is 2. The van der Waals surface area contributed by atoms with E-state index in [2.05, 4.69) is 28.1 Å².